The Morgan fingerprint density at radius 2 is 1.80 bits per heavy atom. The SMILES string of the molecule is CC1CCC(CC(=O)O)CCC2=CCC3=C(C(O)C=CC3O)C2CC1. The number of rotatable bonds is 2. The number of fused-ring (bicyclic) bond motifs is 2. The Hall–Kier alpha value is -1.39. The predicted molar refractivity (Wildman–Crippen MR) is 97.0 cm³/mol. The molecule has 0 aromatic carbocycles. The Labute approximate surface area is 149 Å². The Morgan fingerprint density at radius 1 is 1.08 bits per heavy atom. The summed E-state index contributed by atoms with van der Waals surface area (Å²) in [7, 11) is 0. The number of aliphatic hydroxyl groups excluding tert-OH is 2. The van der Waals surface area contributed by atoms with Crippen LogP contribution < -0.4 is 0 Å². The standard InChI is InChI=1S/C21H30O4/c1-13-2-4-14(12-20(24)25)5-6-15-7-9-17-18(22)10-11-19(23)21(17)16(15)8-3-13/h7,10-11,13-14,16,18-19,22-23H,2-6,8-9,12H2,1H3,(H,24,25). The lowest BCUT2D eigenvalue weighted by Crippen LogP contribution is -2.30. The Balaban J connectivity index is 1.82. The summed E-state index contributed by atoms with van der Waals surface area (Å²) in [6.45, 7) is 2.24. The molecule has 5 unspecified atom stereocenters. The highest BCUT2D eigenvalue weighted by atomic mass is 16.4. The third-order valence-corrected chi connectivity index (χ3v) is 6.25. The molecule has 3 aliphatic carbocycles. The molecule has 1 saturated carbocycles. The molecule has 0 amide bonds. The van der Waals surface area contributed by atoms with Gasteiger partial charge in [0.15, 0.2) is 0 Å². The van der Waals surface area contributed by atoms with Gasteiger partial charge in [0.2, 0.25) is 0 Å². The lowest BCUT2D eigenvalue weighted by atomic mass is 9.70. The summed E-state index contributed by atoms with van der Waals surface area (Å²) < 4.78 is 0. The van der Waals surface area contributed by atoms with Gasteiger partial charge in [-0.2, -0.15) is 0 Å². The molecule has 138 valence electrons. The van der Waals surface area contributed by atoms with Crippen molar-refractivity contribution in [1.29, 1.82) is 0 Å². The highest BCUT2D eigenvalue weighted by Crippen LogP contribution is 2.43. The first-order valence-electron chi connectivity index (χ1n) is 9.63. The Kier molecular flexibility index (Phi) is 5.80. The summed E-state index contributed by atoms with van der Waals surface area (Å²) in [4.78, 5) is 11.2. The minimum atomic E-state index is -0.704. The zero-order valence-corrected chi connectivity index (χ0v) is 15.0. The highest BCUT2D eigenvalue weighted by molar-refractivity contribution is 5.67. The molecular weight excluding hydrogens is 316 g/mol. The van der Waals surface area contributed by atoms with Crippen molar-refractivity contribution in [3.05, 3.63) is 34.9 Å². The van der Waals surface area contributed by atoms with Gasteiger partial charge in [-0.1, -0.05) is 37.1 Å². The van der Waals surface area contributed by atoms with Gasteiger partial charge in [0.1, 0.15) is 0 Å². The number of carboxylic acids is 1. The molecule has 0 saturated heterocycles. The zero-order chi connectivity index (χ0) is 18.0. The summed E-state index contributed by atoms with van der Waals surface area (Å²) in [5, 5.41) is 30.0. The van der Waals surface area contributed by atoms with Crippen molar-refractivity contribution >= 4 is 5.97 Å². The average molecular weight is 346 g/mol. The van der Waals surface area contributed by atoms with Gasteiger partial charge in [-0.15, -0.1) is 0 Å². The first-order chi connectivity index (χ1) is 12.0. The maximum Gasteiger partial charge on any atom is 0.303 e. The van der Waals surface area contributed by atoms with E-state index in [1.165, 1.54) is 5.57 Å². The molecule has 5 atom stereocenters. The molecule has 4 nitrogen and oxygen atoms in total. The van der Waals surface area contributed by atoms with Gasteiger partial charge < -0.3 is 15.3 Å². The minimum Gasteiger partial charge on any atom is -0.481 e. The van der Waals surface area contributed by atoms with E-state index in [2.05, 4.69) is 13.0 Å². The highest BCUT2D eigenvalue weighted by Gasteiger charge is 2.34. The van der Waals surface area contributed by atoms with Crippen molar-refractivity contribution in [3.63, 3.8) is 0 Å². The van der Waals surface area contributed by atoms with Gasteiger partial charge in [-0.25, -0.2) is 0 Å². The second-order valence-corrected chi connectivity index (χ2v) is 8.05. The molecule has 25 heavy (non-hydrogen) atoms. The van der Waals surface area contributed by atoms with E-state index in [0.29, 0.717) is 12.3 Å². The fourth-order valence-electron chi connectivity index (χ4n) is 4.74. The van der Waals surface area contributed by atoms with Crippen LogP contribution in [0.1, 0.15) is 58.3 Å². The molecule has 3 N–H and O–H groups in total. The molecule has 0 spiro atoms. The maximum absolute atomic E-state index is 11.2. The summed E-state index contributed by atoms with van der Waals surface area (Å²) >= 11 is 0. The van der Waals surface area contributed by atoms with Crippen molar-refractivity contribution < 1.29 is 20.1 Å². The molecule has 0 radical (unpaired) electrons. The lowest BCUT2D eigenvalue weighted by molar-refractivity contribution is -0.138. The molecule has 1 fully saturated rings. The summed E-state index contributed by atoms with van der Waals surface area (Å²) in [5.74, 6) is 0.286. The van der Waals surface area contributed by atoms with Crippen LogP contribution in [-0.2, 0) is 4.79 Å². The van der Waals surface area contributed by atoms with E-state index >= 15 is 0 Å². The van der Waals surface area contributed by atoms with Crippen LogP contribution in [0.15, 0.2) is 34.9 Å². The van der Waals surface area contributed by atoms with Crippen molar-refractivity contribution in [1.82, 2.24) is 0 Å². The van der Waals surface area contributed by atoms with Gasteiger partial charge >= 0.3 is 5.97 Å². The van der Waals surface area contributed by atoms with Crippen molar-refractivity contribution in [2.24, 2.45) is 17.8 Å². The topological polar surface area (TPSA) is 77.8 Å². The molecule has 4 heteroatoms. The average Bonchev–Trinajstić information content (AvgIpc) is 2.58. The summed E-state index contributed by atoms with van der Waals surface area (Å²) in [6.07, 6.45) is 11.3. The van der Waals surface area contributed by atoms with E-state index in [-0.39, 0.29) is 18.3 Å². The van der Waals surface area contributed by atoms with E-state index < -0.39 is 18.2 Å². The largest absolute Gasteiger partial charge is 0.481 e. The van der Waals surface area contributed by atoms with Crippen LogP contribution in [0.4, 0.5) is 0 Å². The fraction of sp³-hybridized carbons (Fsp3) is 0.667. The number of aliphatic carboxylic acids is 1. The van der Waals surface area contributed by atoms with Crippen LogP contribution in [0.2, 0.25) is 0 Å². The Morgan fingerprint density at radius 3 is 2.56 bits per heavy atom. The van der Waals surface area contributed by atoms with E-state index in [4.69, 9.17) is 0 Å². The monoisotopic (exact) mass is 346 g/mol. The molecular formula is C21H30O4. The van der Waals surface area contributed by atoms with Gasteiger partial charge in [0, 0.05) is 12.3 Å². The predicted octanol–water partition coefficient (Wildman–Crippen LogP) is 3.60. The van der Waals surface area contributed by atoms with E-state index in [9.17, 15) is 20.1 Å². The molecule has 3 rings (SSSR count). The van der Waals surface area contributed by atoms with E-state index in [0.717, 1.165) is 49.7 Å². The van der Waals surface area contributed by atoms with Crippen LogP contribution in [0.3, 0.4) is 0 Å². The lowest BCUT2D eigenvalue weighted by Gasteiger charge is -2.37. The fourth-order valence-corrected chi connectivity index (χ4v) is 4.74. The summed E-state index contributed by atoms with van der Waals surface area (Å²) in [5.41, 5.74) is 3.32. The molecule has 0 aromatic rings. The van der Waals surface area contributed by atoms with Gasteiger partial charge in [-0.3, -0.25) is 4.79 Å². The normalized spacial score (nSPS) is 36.3. The number of hydrogen-bond acceptors (Lipinski definition) is 3. The Bertz CT molecular complexity index is 601. The van der Waals surface area contributed by atoms with Crippen LogP contribution >= 0.6 is 0 Å². The number of carbonyl (C=O) groups is 1. The number of allylic oxidation sites excluding steroid dienone is 2. The van der Waals surface area contributed by atoms with Gasteiger partial charge in [0.25, 0.3) is 0 Å². The second kappa shape index (κ2) is 7.88. The first kappa shape index (κ1) is 18.4. The molecule has 0 aromatic heterocycles. The third-order valence-electron chi connectivity index (χ3n) is 6.25. The van der Waals surface area contributed by atoms with Crippen LogP contribution in [0.5, 0.6) is 0 Å². The third kappa shape index (κ3) is 4.24. The molecule has 3 aliphatic rings. The van der Waals surface area contributed by atoms with Crippen molar-refractivity contribution in [2.45, 2.75) is 70.5 Å². The van der Waals surface area contributed by atoms with E-state index in [1.807, 2.05) is 0 Å². The number of hydrogen-bond donors (Lipinski definition) is 3. The molecule has 0 heterocycles. The van der Waals surface area contributed by atoms with Gasteiger partial charge in [0.05, 0.1) is 12.2 Å². The quantitative estimate of drug-likeness (QED) is 0.668. The zero-order valence-electron chi connectivity index (χ0n) is 15.0. The minimum absolute atomic E-state index is 0.198. The van der Waals surface area contributed by atoms with Crippen molar-refractivity contribution in [2.75, 3.05) is 0 Å². The molecule has 0 bridgehead atoms. The smallest absolute Gasteiger partial charge is 0.303 e. The molecule has 0 aliphatic heterocycles. The second-order valence-electron chi connectivity index (χ2n) is 8.05. The van der Waals surface area contributed by atoms with Crippen LogP contribution in [0, 0.1) is 17.8 Å². The first-order valence-corrected chi connectivity index (χ1v) is 9.63. The van der Waals surface area contributed by atoms with Gasteiger partial charge in [-0.05, 0) is 61.5 Å². The van der Waals surface area contributed by atoms with Crippen LogP contribution in [-0.4, -0.2) is 33.5 Å². The van der Waals surface area contributed by atoms with Crippen LogP contribution in [0.25, 0.3) is 0 Å². The van der Waals surface area contributed by atoms with Crippen molar-refractivity contribution in [3.8, 4) is 0 Å². The summed E-state index contributed by atoms with van der Waals surface area (Å²) in [6, 6.07) is 0. The number of aliphatic hydroxyl groups is 2. The van der Waals surface area contributed by atoms with E-state index in [1.54, 1.807) is 12.2 Å². The maximum atomic E-state index is 11.2. The number of carboxylic acid groups (broad SMARTS) is 1.